The molecule has 0 spiro atoms. The zero-order valence-corrected chi connectivity index (χ0v) is 10.2. The number of rotatable bonds is 3. The van der Waals surface area contributed by atoms with Gasteiger partial charge in [0.15, 0.2) is 0 Å². The van der Waals surface area contributed by atoms with Crippen LogP contribution in [0.2, 0.25) is 0 Å². The Balaban J connectivity index is 2.02. The van der Waals surface area contributed by atoms with Gasteiger partial charge in [-0.05, 0) is 37.3 Å². The average molecular weight is 219 g/mol. The molecule has 2 unspecified atom stereocenters. The van der Waals surface area contributed by atoms with Crippen LogP contribution in [0.25, 0.3) is 0 Å². The molecule has 0 amide bonds. The molecule has 1 saturated carbocycles. The third kappa shape index (κ3) is 2.71. The molecule has 0 aromatic carbocycles. The summed E-state index contributed by atoms with van der Waals surface area (Å²) in [5, 5.41) is 11.7. The molecule has 88 valence electrons. The van der Waals surface area contributed by atoms with Crippen LogP contribution in [-0.2, 0) is 0 Å². The highest BCUT2D eigenvalue weighted by Crippen LogP contribution is 2.28. The molecule has 1 aromatic heterocycles. The SMILES string of the molecule is CCC1CCCCC1Nc1cc(C)cnn1. The van der Waals surface area contributed by atoms with E-state index in [2.05, 4.69) is 35.4 Å². The van der Waals surface area contributed by atoms with Gasteiger partial charge in [0.1, 0.15) is 5.82 Å². The highest BCUT2D eigenvalue weighted by atomic mass is 15.2. The van der Waals surface area contributed by atoms with Gasteiger partial charge in [0, 0.05) is 6.04 Å². The van der Waals surface area contributed by atoms with Crippen molar-refractivity contribution in [2.24, 2.45) is 5.92 Å². The van der Waals surface area contributed by atoms with Gasteiger partial charge in [-0.2, -0.15) is 5.10 Å². The predicted molar refractivity (Wildman–Crippen MR) is 66.4 cm³/mol. The van der Waals surface area contributed by atoms with Crippen molar-refractivity contribution in [1.82, 2.24) is 10.2 Å². The Morgan fingerprint density at radius 3 is 2.94 bits per heavy atom. The number of hydrogen-bond acceptors (Lipinski definition) is 3. The van der Waals surface area contributed by atoms with E-state index >= 15 is 0 Å². The highest BCUT2D eigenvalue weighted by molar-refractivity contribution is 5.36. The summed E-state index contributed by atoms with van der Waals surface area (Å²) in [7, 11) is 0. The molecule has 0 bridgehead atoms. The maximum Gasteiger partial charge on any atom is 0.149 e. The molecule has 1 heterocycles. The second kappa shape index (κ2) is 5.28. The fourth-order valence-corrected chi connectivity index (χ4v) is 2.61. The molecule has 0 aliphatic heterocycles. The highest BCUT2D eigenvalue weighted by Gasteiger charge is 2.23. The van der Waals surface area contributed by atoms with Crippen molar-refractivity contribution >= 4 is 5.82 Å². The van der Waals surface area contributed by atoms with E-state index in [1.54, 1.807) is 6.20 Å². The largest absolute Gasteiger partial charge is 0.366 e. The minimum atomic E-state index is 0.592. The van der Waals surface area contributed by atoms with Gasteiger partial charge in [-0.1, -0.05) is 26.2 Å². The van der Waals surface area contributed by atoms with E-state index < -0.39 is 0 Å². The Bertz CT molecular complexity index is 338. The molecule has 1 fully saturated rings. The second-order valence-electron chi connectivity index (χ2n) is 4.82. The van der Waals surface area contributed by atoms with Crippen LogP contribution in [0.3, 0.4) is 0 Å². The first-order chi connectivity index (χ1) is 7.79. The lowest BCUT2D eigenvalue weighted by atomic mass is 9.83. The standard InChI is InChI=1S/C13H21N3/c1-3-11-6-4-5-7-12(11)15-13-8-10(2)9-14-16-13/h8-9,11-12H,3-7H2,1-2H3,(H,15,16). The van der Waals surface area contributed by atoms with E-state index in [1.807, 2.05) is 0 Å². The molecule has 1 N–H and O–H groups in total. The van der Waals surface area contributed by atoms with Gasteiger partial charge >= 0.3 is 0 Å². The molecule has 0 radical (unpaired) electrons. The van der Waals surface area contributed by atoms with Gasteiger partial charge < -0.3 is 5.32 Å². The van der Waals surface area contributed by atoms with E-state index in [9.17, 15) is 0 Å². The Labute approximate surface area is 97.7 Å². The van der Waals surface area contributed by atoms with E-state index in [0.29, 0.717) is 6.04 Å². The van der Waals surface area contributed by atoms with Gasteiger partial charge in [-0.3, -0.25) is 0 Å². The Kier molecular flexibility index (Phi) is 3.75. The van der Waals surface area contributed by atoms with Crippen LogP contribution in [-0.4, -0.2) is 16.2 Å². The van der Waals surface area contributed by atoms with Gasteiger partial charge in [0.2, 0.25) is 0 Å². The normalized spacial score (nSPS) is 25.4. The lowest BCUT2D eigenvalue weighted by Gasteiger charge is -2.31. The lowest BCUT2D eigenvalue weighted by Crippen LogP contribution is -2.32. The van der Waals surface area contributed by atoms with Gasteiger partial charge in [-0.25, -0.2) is 0 Å². The maximum absolute atomic E-state index is 4.14. The Hall–Kier alpha value is -1.12. The number of nitrogens with zero attached hydrogens (tertiary/aromatic N) is 2. The number of aryl methyl sites for hydroxylation is 1. The molecule has 3 nitrogen and oxygen atoms in total. The lowest BCUT2D eigenvalue weighted by molar-refractivity contribution is 0.316. The molecule has 0 saturated heterocycles. The number of anilines is 1. The Morgan fingerprint density at radius 1 is 1.38 bits per heavy atom. The van der Waals surface area contributed by atoms with Crippen molar-refractivity contribution in [3.8, 4) is 0 Å². The summed E-state index contributed by atoms with van der Waals surface area (Å²) in [6.45, 7) is 4.34. The van der Waals surface area contributed by atoms with E-state index in [1.165, 1.54) is 37.7 Å². The summed E-state index contributed by atoms with van der Waals surface area (Å²) >= 11 is 0. The third-order valence-electron chi connectivity index (χ3n) is 3.56. The monoisotopic (exact) mass is 219 g/mol. The van der Waals surface area contributed by atoms with E-state index in [4.69, 9.17) is 0 Å². The van der Waals surface area contributed by atoms with Crippen molar-refractivity contribution in [3.05, 3.63) is 17.8 Å². The number of nitrogens with one attached hydrogen (secondary N) is 1. The van der Waals surface area contributed by atoms with Crippen LogP contribution in [0, 0.1) is 12.8 Å². The van der Waals surface area contributed by atoms with Crippen LogP contribution >= 0.6 is 0 Å². The fourth-order valence-electron chi connectivity index (χ4n) is 2.61. The minimum Gasteiger partial charge on any atom is -0.366 e. The van der Waals surface area contributed by atoms with E-state index in [0.717, 1.165) is 11.7 Å². The first-order valence-electron chi connectivity index (χ1n) is 6.35. The smallest absolute Gasteiger partial charge is 0.149 e. The zero-order chi connectivity index (χ0) is 11.4. The number of aromatic nitrogens is 2. The van der Waals surface area contributed by atoms with Crippen molar-refractivity contribution < 1.29 is 0 Å². The van der Waals surface area contributed by atoms with Crippen LogP contribution in [0.4, 0.5) is 5.82 Å². The van der Waals surface area contributed by atoms with Crippen molar-refractivity contribution in [2.45, 2.75) is 52.0 Å². The molecule has 16 heavy (non-hydrogen) atoms. The first-order valence-corrected chi connectivity index (χ1v) is 6.35. The molecule has 1 aliphatic rings. The minimum absolute atomic E-state index is 0.592. The zero-order valence-electron chi connectivity index (χ0n) is 10.2. The molecule has 1 aliphatic carbocycles. The van der Waals surface area contributed by atoms with Crippen LogP contribution in [0.5, 0.6) is 0 Å². The molecule has 2 rings (SSSR count). The van der Waals surface area contributed by atoms with Crippen molar-refractivity contribution in [2.75, 3.05) is 5.32 Å². The maximum atomic E-state index is 4.14. The van der Waals surface area contributed by atoms with Crippen molar-refractivity contribution in [3.63, 3.8) is 0 Å². The molecular formula is C13H21N3. The molecule has 1 aromatic rings. The summed E-state index contributed by atoms with van der Waals surface area (Å²) in [4.78, 5) is 0. The van der Waals surface area contributed by atoms with Gasteiger partial charge in [0.25, 0.3) is 0 Å². The van der Waals surface area contributed by atoms with Gasteiger partial charge in [-0.15, -0.1) is 5.10 Å². The topological polar surface area (TPSA) is 37.8 Å². The number of hydrogen-bond donors (Lipinski definition) is 1. The third-order valence-corrected chi connectivity index (χ3v) is 3.56. The molecule has 2 atom stereocenters. The van der Waals surface area contributed by atoms with E-state index in [-0.39, 0.29) is 0 Å². The summed E-state index contributed by atoms with van der Waals surface area (Å²) in [5.74, 6) is 1.74. The van der Waals surface area contributed by atoms with Crippen LogP contribution in [0.15, 0.2) is 12.3 Å². The average Bonchev–Trinajstić information content (AvgIpc) is 2.30. The summed E-state index contributed by atoms with van der Waals surface area (Å²) in [6, 6.07) is 2.67. The van der Waals surface area contributed by atoms with Crippen LogP contribution in [0.1, 0.15) is 44.6 Å². The second-order valence-corrected chi connectivity index (χ2v) is 4.82. The van der Waals surface area contributed by atoms with Crippen molar-refractivity contribution in [1.29, 1.82) is 0 Å². The predicted octanol–water partition coefficient (Wildman–Crippen LogP) is 3.17. The molecule has 3 heteroatoms. The summed E-state index contributed by atoms with van der Waals surface area (Å²) < 4.78 is 0. The fraction of sp³-hybridized carbons (Fsp3) is 0.692. The first kappa shape index (κ1) is 11.4. The molecular weight excluding hydrogens is 198 g/mol. The summed E-state index contributed by atoms with van der Waals surface area (Å²) in [6.07, 6.45) is 8.41. The summed E-state index contributed by atoms with van der Waals surface area (Å²) in [5.41, 5.74) is 1.17. The quantitative estimate of drug-likeness (QED) is 0.848. The van der Waals surface area contributed by atoms with Gasteiger partial charge in [0.05, 0.1) is 6.20 Å². The van der Waals surface area contributed by atoms with Crippen LogP contribution < -0.4 is 5.32 Å². The Morgan fingerprint density at radius 2 is 2.19 bits per heavy atom.